The maximum atomic E-state index is 13.2. The predicted octanol–water partition coefficient (Wildman–Crippen LogP) is 3.57. The summed E-state index contributed by atoms with van der Waals surface area (Å²) < 4.78 is 13.9. The Morgan fingerprint density at radius 2 is 2.17 bits per heavy atom. The summed E-state index contributed by atoms with van der Waals surface area (Å²) in [4.78, 5) is 19.2. The first-order valence-corrected chi connectivity index (χ1v) is 7.26. The molecule has 0 bridgehead atoms. The maximum absolute atomic E-state index is 13.2. The Morgan fingerprint density at radius 3 is 2.91 bits per heavy atom. The van der Waals surface area contributed by atoms with Crippen LogP contribution in [0.1, 0.15) is 26.6 Å². The van der Waals surface area contributed by atoms with Crippen LogP contribution in [0.15, 0.2) is 30.5 Å². The number of halogens is 1. The summed E-state index contributed by atoms with van der Waals surface area (Å²) in [6, 6.07) is 7.53. The lowest BCUT2D eigenvalue weighted by Gasteiger charge is -1.98. The number of hydrogen-bond acceptors (Lipinski definition) is 5. The summed E-state index contributed by atoms with van der Waals surface area (Å²) in [6.45, 7) is 0. The molecular weight excluding hydrogens is 317 g/mol. The average molecular weight is 325 g/mol. The van der Waals surface area contributed by atoms with E-state index in [4.69, 9.17) is 10.4 Å². The fraction of sp³-hybridized carbons (Fsp3) is 0. The molecule has 0 aliphatic carbocycles. The third kappa shape index (κ3) is 3.07. The van der Waals surface area contributed by atoms with Crippen molar-refractivity contribution in [3.8, 4) is 6.07 Å². The molecule has 7 heteroatoms. The van der Waals surface area contributed by atoms with Crippen molar-refractivity contribution >= 4 is 39.7 Å². The molecule has 3 aromatic rings. The first-order valence-electron chi connectivity index (χ1n) is 6.44. The molecule has 5 nitrogen and oxygen atoms in total. The number of carbonyl (C=O) groups is 1. The van der Waals surface area contributed by atoms with Gasteiger partial charge in [-0.15, -0.1) is 11.3 Å². The molecule has 0 saturated carbocycles. The van der Waals surface area contributed by atoms with Gasteiger partial charge in [0.2, 0.25) is 0 Å². The molecule has 1 N–H and O–H groups in total. The molecule has 2 heterocycles. The highest BCUT2D eigenvalue weighted by Crippen LogP contribution is 2.24. The Hall–Kier alpha value is -3.11. The average Bonchev–Trinajstić information content (AvgIpc) is 2.94. The molecule has 2 aromatic heterocycles. The van der Waals surface area contributed by atoms with Crippen LogP contribution in [0.4, 0.5) is 4.39 Å². The van der Waals surface area contributed by atoms with Gasteiger partial charge in [-0.05, 0) is 36.4 Å². The van der Waals surface area contributed by atoms with Gasteiger partial charge in [-0.2, -0.15) is 5.26 Å². The zero-order valence-electron chi connectivity index (χ0n) is 11.5. The number of benzene rings is 1. The molecule has 0 atom stereocenters. The van der Waals surface area contributed by atoms with E-state index in [1.807, 2.05) is 6.07 Å². The van der Waals surface area contributed by atoms with E-state index >= 15 is 0 Å². The molecule has 0 unspecified atom stereocenters. The predicted molar refractivity (Wildman–Crippen MR) is 84.4 cm³/mol. The second-order valence-corrected chi connectivity index (χ2v) is 5.63. The van der Waals surface area contributed by atoms with Crippen molar-refractivity contribution in [3.05, 3.63) is 58.1 Å². The van der Waals surface area contributed by atoms with Crippen LogP contribution in [0, 0.1) is 17.1 Å². The van der Waals surface area contributed by atoms with Crippen molar-refractivity contribution < 1.29 is 14.3 Å². The molecular formula is C16H8FN3O2S. The molecule has 1 aromatic carbocycles. The molecule has 0 fully saturated rings. The molecule has 0 aliphatic rings. The lowest BCUT2D eigenvalue weighted by Crippen LogP contribution is -1.99. The van der Waals surface area contributed by atoms with Gasteiger partial charge in [0, 0.05) is 6.20 Å². The minimum Gasteiger partial charge on any atom is -0.478 e. The number of nitrogens with zero attached hydrogens (tertiary/aromatic N) is 3. The number of pyridine rings is 1. The van der Waals surface area contributed by atoms with Gasteiger partial charge < -0.3 is 5.11 Å². The molecule has 0 aliphatic heterocycles. The number of carboxylic acids is 1. The summed E-state index contributed by atoms with van der Waals surface area (Å²) in [6.07, 6.45) is 4.43. The summed E-state index contributed by atoms with van der Waals surface area (Å²) in [5.41, 5.74) is 1.15. The number of aromatic nitrogens is 2. The van der Waals surface area contributed by atoms with E-state index in [0.717, 1.165) is 4.70 Å². The zero-order valence-corrected chi connectivity index (χ0v) is 12.3. The van der Waals surface area contributed by atoms with Gasteiger partial charge in [-0.25, -0.2) is 14.2 Å². The number of aromatic carboxylic acids is 1. The van der Waals surface area contributed by atoms with Crippen molar-refractivity contribution in [2.75, 3.05) is 0 Å². The highest BCUT2D eigenvalue weighted by atomic mass is 32.1. The largest absolute Gasteiger partial charge is 0.478 e. The van der Waals surface area contributed by atoms with E-state index in [-0.39, 0.29) is 16.9 Å². The van der Waals surface area contributed by atoms with E-state index in [9.17, 15) is 9.18 Å². The summed E-state index contributed by atoms with van der Waals surface area (Å²) in [7, 11) is 0. The lowest BCUT2D eigenvalue weighted by molar-refractivity contribution is 0.0696. The van der Waals surface area contributed by atoms with Crippen LogP contribution >= 0.6 is 11.3 Å². The van der Waals surface area contributed by atoms with Gasteiger partial charge in [-0.1, -0.05) is 0 Å². The van der Waals surface area contributed by atoms with Crippen molar-refractivity contribution in [2.24, 2.45) is 0 Å². The minimum atomic E-state index is -1.14. The summed E-state index contributed by atoms with van der Waals surface area (Å²) in [5.74, 6) is -1.47. The Morgan fingerprint density at radius 1 is 1.35 bits per heavy atom. The third-order valence-corrected chi connectivity index (χ3v) is 4.02. The topological polar surface area (TPSA) is 86.9 Å². The number of fused-ring (bicyclic) bond motifs is 1. The Balaban J connectivity index is 1.95. The van der Waals surface area contributed by atoms with E-state index in [0.29, 0.717) is 16.2 Å². The van der Waals surface area contributed by atoms with E-state index < -0.39 is 5.97 Å². The van der Waals surface area contributed by atoms with Gasteiger partial charge >= 0.3 is 5.97 Å². The van der Waals surface area contributed by atoms with Crippen molar-refractivity contribution in [1.29, 1.82) is 5.26 Å². The van der Waals surface area contributed by atoms with Crippen LogP contribution in [-0.2, 0) is 0 Å². The van der Waals surface area contributed by atoms with Gasteiger partial charge in [0.05, 0.1) is 27.0 Å². The first kappa shape index (κ1) is 14.8. The molecule has 23 heavy (non-hydrogen) atoms. The molecule has 0 spiro atoms. The van der Waals surface area contributed by atoms with E-state index in [2.05, 4.69) is 9.97 Å². The molecule has 112 valence electrons. The van der Waals surface area contributed by atoms with Crippen LogP contribution in [-0.4, -0.2) is 21.0 Å². The van der Waals surface area contributed by atoms with Crippen LogP contribution in [0.2, 0.25) is 0 Å². The number of hydrogen-bond donors (Lipinski definition) is 1. The lowest BCUT2D eigenvalue weighted by atomic mass is 10.1. The quantitative estimate of drug-likeness (QED) is 0.795. The molecule has 0 radical (unpaired) electrons. The molecule has 0 saturated heterocycles. The fourth-order valence-corrected chi connectivity index (χ4v) is 2.85. The minimum absolute atomic E-state index is 0.0471. The second-order valence-electron chi connectivity index (χ2n) is 4.57. The number of nitriles is 1. The van der Waals surface area contributed by atoms with Crippen LogP contribution in [0.25, 0.3) is 22.4 Å². The standard InChI is InChI=1S/C16H8FN3O2S/c17-11-1-2-13-14(6-11)23-15(20-13)4-3-12-9(7-18)5-10(8-19-12)16(21)22/h1-6,8H,(H,21,22)/b4-3+. The van der Waals surface area contributed by atoms with Crippen LogP contribution in [0.3, 0.4) is 0 Å². The van der Waals surface area contributed by atoms with Crippen LogP contribution < -0.4 is 0 Å². The summed E-state index contributed by atoms with van der Waals surface area (Å²) >= 11 is 1.31. The Kier molecular flexibility index (Phi) is 3.83. The highest BCUT2D eigenvalue weighted by molar-refractivity contribution is 7.19. The Labute approximate surface area is 134 Å². The third-order valence-electron chi connectivity index (χ3n) is 3.04. The second kappa shape index (κ2) is 5.94. The maximum Gasteiger partial charge on any atom is 0.337 e. The zero-order chi connectivity index (χ0) is 16.4. The van der Waals surface area contributed by atoms with Gasteiger partial charge in [0.1, 0.15) is 16.9 Å². The highest BCUT2D eigenvalue weighted by Gasteiger charge is 2.08. The smallest absolute Gasteiger partial charge is 0.337 e. The molecule has 0 amide bonds. The number of carboxylic acid groups (broad SMARTS) is 1. The van der Waals surface area contributed by atoms with E-state index in [1.165, 1.54) is 35.7 Å². The summed E-state index contributed by atoms with van der Waals surface area (Å²) in [5, 5.41) is 18.6. The Bertz CT molecular complexity index is 989. The first-order chi connectivity index (χ1) is 11.1. The normalized spacial score (nSPS) is 11.0. The number of rotatable bonds is 3. The van der Waals surface area contributed by atoms with Gasteiger partial charge in [0.15, 0.2) is 0 Å². The SMILES string of the molecule is N#Cc1cc(C(=O)O)cnc1/C=C/c1nc2ccc(F)cc2s1. The van der Waals surface area contributed by atoms with Gasteiger partial charge in [-0.3, -0.25) is 4.98 Å². The van der Waals surface area contributed by atoms with Crippen molar-refractivity contribution in [2.45, 2.75) is 0 Å². The van der Waals surface area contributed by atoms with Crippen molar-refractivity contribution in [3.63, 3.8) is 0 Å². The monoisotopic (exact) mass is 325 g/mol. The van der Waals surface area contributed by atoms with Crippen LogP contribution in [0.5, 0.6) is 0 Å². The number of thiazole rings is 1. The van der Waals surface area contributed by atoms with Crippen molar-refractivity contribution in [1.82, 2.24) is 9.97 Å². The molecule has 3 rings (SSSR count). The fourth-order valence-electron chi connectivity index (χ4n) is 1.95. The van der Waals surface area contributed by atoms with Gasteiger partial charge in [0.25, 0.3) is 0 Å². The van der Waals surface area contributed by atoms with E-state index in [1.54, 1.807) is 18.2 Å².